The van der Waals surface area contributed by atoms with Crippen molar-refractivity contribution in [1.29, 1.82) is 0 Å². The van der Waals surface area contributed by atoms with Gasteiger partial charge < -0.3 is 15.5 Å². The monoisotopic (exact) mass is 449 g/mol. The molecular formula is C27H32FN3O2. The van der Waals surface area contributed by atoms with Crippen LogP contribution in [0.25, 0.3) is 0 Å². The summed E-state index contributed by atoms with van der Waals surface area (Å²) in [7, 11) is 0. The van der Waals surface area contributed by atoms with Gasteiger partial charge in [-0.2, -0.15) is 0 Å². The highest BCUT2D eigenvalue weighted by molar-refractivity contribution is 5.86. The van der Waals surface area contributed by atoms with Crippen LogP contribution in [0.1, 0.15) is 49.1 Å². The molecule has 6 heteroatoms. The summed E-state index contributed by atoms with van der Waals surface area (Å²) >= 11 is 0. The molecule has 1 spiro atoms. The first-order valence-corrected chi connectivity index (χ1v) is 12.1. The Morgan fingerprint density at radius 3 is 2.52 bits per heavy atom. The van der Waals surface area contributed by atoms with Gasteiger partial charge in [0.25, 0.3) is 0 Å². The lowest BCUT2D eigenvalue weighted by molar-refractivity contribution is -0.130. The van der Waals surface area contributed by atoms with E-state index in [-0.39, 0.29) is 35.5 Å². The Morgan fingerprint density at radius 2 is 1.82 bits per heavy atom. The van der Waals surface area contributed by atoms with Crippen LogP contribution in [0.15, 0.2) is 54.6 Å². The number of rotatable bonds is 6. The third kappa shape index (κ3) is 4.41. The summed E-state index contributed by atoms with van der Waals surface area (Å²) in [6.07, 6.45) is 2.48. The molecule has 2 heterocycles. The number of amides is 2. The summed E-state index contributed by atoms with van der Waals surface area (Å²) in [6, 6.07) is 16.9. The van der Waals surface area contributed by atoms with Crippen LogP contribution in [0.5, 0.6) is 0 Å². The standard InChI is InChI=1S/C27H32FN3O2/c1-18(30-25(32)23-15-22(23)19-5-3-2-4-6-19)17-31-13-11-27(12-14-31)24(16-29-26(27)33)20-7-9-21(28)10-8-20/h2-10,18,22-24H,11-17H2,1H3,(H,29,33)(H,30,32)/t18-,22-,23?,24?/m0/s1. The van der Waals surface area contributed by atoms with E-state index in [1.165, 1.54) is 17.7 Å². The number of carbonyl (C=O) groups is 2. The minimum absolute atomic E-state index is 0.0638. The van der Waals surface area contributed by atoms with Gasteiger partial charge in [-0.1, -0.05) is 42.5 Å². The Hall–Kier alpha value is -2.73. The second kappa shape index (κ2) is 8.90. The molecule has 2 aromatic rings. The summed E-state index contributed by atoms with van der Waals surface area (Å²) in [4.78, 5) is 27.9. The van der Waals surface area contributed by atoms with Crippen LogP contribution in [0.4, 0.5) is 4.39 Å². The van der Waals surface area contributed by atoms with Crippen molar-refractivity contribution in [3.8, 4) is 0 Å². The normalized spacial score (nSPS) is 27.2. The smallest absolute Gasteiger partial charge is 0.227 e. The second-order valence-electron chi connectivity index (χ2n) is 10.0. The highest BCUT2D eigenvalue weighted by Crippen LogP contribution is 2.48. The van der Waals surface area contributed by atoms with Gasteiger partial charge in [0.05, 0.1) is 5.41 Å². The predicted molar refractivity (Wildman–Crippen MR) is 125 cm³/mol. The number of nitrogens with one attached hydrogen (secondary N) is 2. The fraction of sp³-hybridized carbons (Fsp3) is 0.481. The van der Waals surface area contributed by atoms with Crippen LogP contribution in [0.3, 0.4) is 0 Å². The summed E-state index contributed by atoms with van der Waals surface area (Å²) < 4.78 is 13.4. The minimum atomic E-state index is -0.419. The second-order valence-corrected chi connectivity index (χ2v) is 10.0. The summed E-state index contributed by atoms with van der Waals surface area (Å²) in [5.74, 6) is 0.525. The van der Waals surface area contributed by atoms with Crippen molar-refractivity contribution in [3.63, 3.8) is 0 Å². The molecule has 3 aliphatic rings. The summed E-state index contributed by atoms with van der Waals surface area (Å²) in [5, 5.41) is 6.26. The molecule has 4 atom stereocenters. The lowest BCUT2D eigenvalue weighted by atomic mass is 9.68. The minimum Gasteiger partial charge on any atom is -0.355 e. The van der Waals surface area contributed by atoms with E-state index in [2.05, 4.69) is 34.6 Å². The largest absolute Gasteiger partial charge is 0.355 e. The van der Waals surface area contributed by atoms with Crippen LogP contribution in [-0.2, 0) is 9.59 Å². The first-order chi connectivity index (χ1) is 16.0. The lowest BCUT2D eigenvalue weighted by Gasteiger charge is -2.41. The molecule has 5 rings (SSSR count). The van der Waals surface area contributed by atoms with E-state index in [0.29, 0.717) is 12.5 Å². The number of piperidine rings is 1. The van der Waals surface area contributed by atoms with Gasteiger partial charge >= 0.3 is 0 Å². The molecule has 0 radical (unpaired) electrons. The van der Waals surface area contributed by atoms with E-state index in [1.807, 2.05) is 30.3 Å². The number of benzene rings is 2. The highest BCUT2D eigenvalue weighted by atomic mass is 19.1. The Balaban J connectivity index is 1.14. The van der Waals surface area contributed by atoms with Crippen LogP contribution < -0.4 is 10.6 Å². The fourth-order valence-electron chi connectivity index (χ4n) is 5.90. The van der Waals surface area contributed by atoms with Gasteiger partial charge in [0.1, 0.15) is 5.82 Å². The molecule has 5 nitrogen and oxygen atoms in total. The Labute approximate surface area is 194 Å². The van der Waals surface area contributed by atoms with Gasteiger partial charge in [0, 0.05) is 31.0 Å². The van der Waals surface area contributed by atoms with Crippen LogP contribution in [0.2, 0.25) is 0 Å². The summed E-state index contributed by atoms with van der Waals surface area (Å²) in [5.41, 5.74) is 1.86. The zero-order chi connectivity index (χ0) is 23.0. The molecule has 0 aromatic heterocycles. The number of likely N-dealkylation sites (tertiary alicyclic amines) is 1. The SMILES string of the molecule is C[C@@H](CN1CCC2(CC1)C(=O)NCC2c1ccc(F)cc1)NC(=O)C1C[C@H]1c1ccccc1. The lowest BCUT2D eigenvalue weighted by Crippen LogP contribution is -2.50. The molecule has 2 aromatic carbocycles. The van der Waals surface area contributed by atoms with Gasteiger partial charge in [-0.25, -0.2) is 4.39 Å². The van der Waals surface area contributed by atoms with Gasteiger partial charge in [0.2, 0.25) is 11.8 Å². The van der Waals surface area contributed by atoms with Crippen molar-refractivity contribution < 1.29 is 14.0 Å². The van der Waals surface area contributed by atoms with E-state index in [1.54, 1.807) is 0 Å². The Kier molecular flexibility index (Phi) is 5.95. The maximum absolute atomic E-state index is 13.4. The third-order valence-corrected chi connectivity index (χ3v) is 7.88. The Bertz CT molecular complexity index is 1000. The van der Waals surface area contributed by atoms with Crippen LogP contribution in [0, 0.1) is 17.2 Å². The first kappa shape index (κ1) is 22.1. The average molecular weight is 450 g/mol. The van der Waals surface area contributed by atoms with Crippen molar-refractivity contribution in [2.24, 2.45) is 11.3 Å². The third-order valence-electron chi connectivity index (χ3n) is 7.88. The number of carbonyl (C=O) groups excluding carboxylic acids is 2. The summed E-state index contributed by atoms with van der Waals surface area (Å²) in [6.45, 7) is 5.10. The average Bonchev–Trinajstić information content (AvgIpc) is 3.57. The van der Waals surface area contributed by atoms with E-state index >= 15 is 0 Å². The predicted octanol–water partition coefficient (Wildman–Crippen LogP) is 3.43. The molecule has 2 saturated heterocycles. The molecule has 2 amide bonds. The highest BCUT2D eigenvalue weighted by Gasteiger charge is 2.52. The quantitative estimate of drug-likeness (QED) is 0.710. The molecule has 2 N–H and O–H groups in total. The maximum atomic E-state index is 13.4. The Morgan fingerprint density at radius 1 is 1.12 bits per heavy atom. The number of hydrogen-bond donors (Lipinski definition) is 2. The van der Waals surface area contributed by atoms with Crippen molar-refractivity contribution in [1.82, 2.24) is 15.5 Å². The van der Waals surface area contributed by atoms with E-state index < -0.39 is 5.41 Å². The van der Waals surface area contributed by atoms with E-state index in [4.69, 9.17) is 0 Å². The molecule has 2 unspecified atom stereocenters. The molecule has 33 heavy (non-hydrogen) atoms. The molecule has 1 aliphatic carbocycles. The van der Waals surface area contributed by atoms with E-state index in [0.717, 1.165) is 44.5 Å². The first-order valence-electron chi connectivity index (χ1n) is 12.1. The van der Waals surface area contributed by atoms with Gasteiger partial charge in [-0.05, 0) is 68.5 Å². The van der Waals surface area contributed by atoms with Crippen LogP contribution >= 0.6 is 0 Å². The van der Waals surface area contributed by atoms with Crippen molar-refractivity contribution >= 4 is 11.8 Å². The van der Waals surface area contributed by atoms with Crippen molar-refractivity contribution in [2.75, 3.05) is 26.2 Å². The molecule has 3 fully saturated rings. The molecule has 1 saturated carbocycles. The van der Waals surface area contributed by atoms with Gasteiger partial charge in [-0.15, -0.1) is 0 Å². The topological polar surface area (TPSA) is 61.4 Å². The number of halogens is 1. The van der Waals surface area contributed by atoms with Gasteiger partial charge in [0.15, 0.2) is 0 Å². The maximum Gasteiger partial charge on any atom is 0.227 e. The zero-order valence-corrected chi connectivity index (χ0v) is 19.1. The zero-order valence-electron chi connectivity index (χ0n) is 19.1. The van der Waals surface area contributed by atoms with Gasteiger partial charge in [-0.3, -0.25) is 9.59 Å². The van der Waals surface area contributed by atoms with Crippen molar-refractivity contribution in [2.45, 2.75) is 44.1 Å². The van der Waals surface area contributed by atoms with Crippen LogP contribution in [-0.4, -0.2) is 48.9 Å². The molecular weight excluding hydrogens is 417 g/mol. The number of hydrogen-bond acceptors (Lipinski definition) is 3. The molecule has 2 aliphatic heterocycles. The molecule has 0 bridgehead atoms. The van der Waals surface area contributed by atoms with Crippen molar-refractivity contribution in [3.05, 3.63) is 71.5 Å². The number of nitrogens with zero attached hydrogens (tertiary/aromatic N) is 1. The molecule has 174 valence electrons. The van der Waals surface area contributed by atoms with E-state index in [9.17, 15) is 14.0 Å². The fourth-order valence-corrected chi connectivity index (χ4v) is 5.90.